The van der Waals surface area contributed by atoms with Gasteiger partial charge in [0.25, 0.3) is 17.9 Å². The van der Waals surface area contributed by atoms with Gasteiger partial charge in [0.15, 0.2) is 11.6 Å². The summed E-state index contributed by atoms with van der Waals surface area (Å²) >= 11 is 0. The highest BCUT2D eigenvalue weighted by Crippen LogP contribution is 2.53. The molecular weight excluding hydrogens is 408 g/mol. The molecular formula is C19H18F4N4O3. The third-order valence-corrected chi connectivity index (χ3v) is 5.41. The van der Waals surface area contributed by atoms with Gasteiger partial charge in [-0.25, -0.2) is 27.5 Å². The highest BCUT2D eigenvalue weighted by atomic mass is 19.3. The number of amidine groups is 1. The van der Waals surface area contributed by atoms with Gasteiger partial charge < -0.3 is 20.2 Å². The number of amides is 1. The average Bonchev–Trinajstić information content (AvgIpc) is 3.24. The van der Waals surface area contributed by atoms with Crippen LogP contribution in [0.2, 0.25) is 0 Å². The van der Waals surface area contributed by atoms with Crippen molar-refractivity contribution in [2.75, 3.05) is 12.0 Å². The van der Waals surface area contributed by atoms with Crippen molar-refractivity contribution in [3.63, 3.8) is 0 Å². The number of nitrogens with one attached hydrogen (secondary N) is 1. The molecule has 1 aromatic heterocycles. The number of nitrogens with zero attached hydrogens (tertiary/aromatic N) is 2. The van der Waals surface area contributed by atoms with E-state index in [4.69, 9.17) is 14.9 Å². The molecule has 1 amide bonds. The minimum absolute atomic E-state index is 0.0117. The maximum Gasteiger partial charge on any atom is 0.283 e. The first-order valence-electron chi connectivity index (χ1n) is 9.13. The summed E-state index contributed by atoms with van der Waals surface area (Å²) in [6.45, 7) is 0.282. The van der Waals surface area contributed by atoms with Gasteiger partial charge in [0.1, 0.15) is 30.4 Å². The normalized spacial score (nSPS) is 27.2. The van der Waals surface area contributed by atoms with Crippen LogP contribution in [0.25, 0.3) is 0 Å². The zero-order valence-electron chi connectivity index (χ0n) is 15.8. The third kappa shape index (κ3) is 3.37. The number of hydrogen-bond donors (Lipinski definition) is 2. The summed E-state index contributed by atoms with van der Waals surface area (Å²) < 4.78 is 67.4. The number of ether oxygens (including phenoxy) is 1. The predicted molar refractivity (Wildman–Crippen MR) is 97.4 cm³/mol. The number of aromatic nitrogens is 1. The van der Waals surface area contributed by atoms with Gasteiger partial charge >= 0.3 is 0 Å². The maximum atomic E-state index is 14.8. The van der Waals surface area contributed by atoms with E-state index in [1.54, 1.807) is 6.92 Å². The molecule has 2 aliphatic rings. The number of anilines is 1. The maximum absolute atomic E-state index is 14.8. The summed E-state index contributed by atoms with van der Waals surface area (Å²) in [6.07, 6.45) is -1.36. The number of alkyl halides is 3. The largest absolute Gasteiger partial charge is 0.461 e. The second kappa shape index (κ2) is 6.99. The van der Waals surface area contributed by atoms with E-state index in [-0.39, 0.29) is 22.8 Å². The molecule has 2 heterocycles. The Labute approximate surface area is 168 Å². The smallest absolute Gasteiger partial charge is 0.283 e. The molecule has 4 rings (SSSR count). The van der Waals surface area contributed by atoms with E-state index >= 15 is 0 Å². The van der Waals surface area contributed by atoms with E-state index in [0.29, 0.717) is 0 Å². The van der Waals surface area contributed by atoms with E-state index in [0.717, 1.165) is 18.4 Å². The lowest BCUT2D eigenvalue weighted by molar-refractivity contribution is -0.00299. The number of oxazole rings is 1. The van der Waals surface area contributed by atoms with Crippen molar-refractivity contribution in [2.24, 2.45) is 16.6 Å². The number of aliphatic imine (C=N–C) groups is 1. The summed E-state index contributed by atoms with van der Waals surface area (Å²) in [5, 5.41) is 2.50. The van der Waals surface area contributed by atoms with Crippen molar-refractivity contribution in [2.45, 2.75) is 37.3 Å². The molecule has 1 aromatic carbocycles. The quantitative estimate of drug-likeness (QED) is 0.731. The number of benzene rings is 1. The lowest BCUT2D eigenvalue weighted by Crippen LogP contribution is -2.48. The van der Waals surface area contributed by atoms with Crippen molar-refractivity contribution in [3.8, 4) is 0 Å². The van der Waals surface area contributed by atoms with Crippen LogP contribution < -0.4 is 11.1 Å². The zero-order chi connectivity index (χ0) is 21.7. The van der Waals surface area contributed by atoms with Crippen molar-refractivity contribution in [3.05, 3.63) is 47.4 Å². The molecule has 7 nitrogen and oxygen atoms in total. The minimum atomic E-state index is -3.12. The second-order valence-corrected chi connectivity index (χ2v) is 7.44. The van der Waals surface area contributed by atoms with Crippen LogP contribution >= 0.6 is 0 Å². The number of rotatable bonds is 4. The fraction of sp³-hybridized carbons (Fsp3) is 0.421. The summed E-state index contributed by atoms with van der Waals surface area (Å²) in [5.74, 6) is -5.49. The fourth-order valence-electron chi connectivity index (χ4n) is 4.09. The van der Waals surface area contributed by atoms with Crippen LogP contribution in [-0.4, -0.2) is 35.6 Å². The van der Waals surface area contributed by atoms with E-state index in [1.165, 1.54) is 6.07 Å². The van der Waals surface area contributed by atoms with Crippen molar-refractivity contribution in [1.82, 2.24) is 4.98 Å². The Morgan fingerprint density at radius 2 is 2.13 bits per heavy atom. The molecule has 1 aliphatic heterocycles. The molecule has 1 aliphatic carbocycles. The molecule has 1 saturated carbocycles. The molecule has 3 atom stereocenters. The van der Waals surface area contributed by atoms with Crippen LogP contribution in [0.4, 0.5) is 23.2 Å². The standard InChI is InChI=1S/C19H18F4N4O3/c1-9-25-14(7-29-9)16(28)26-10-2-3-13(21)11(4-10)19(8-20)12-5-18(22,23)6-15(12)30-17(24)27-19/h2-4,7,12,15H,5-6,8H2,1H3,(H2,24,27)(H,26,28). The number of halogens is 4. The molecule has 160 valence electrons. The Balaban J connectivity index is 1.73. The summed E-state index contributed by atoms with van der Waals surface area (Å²) in [6, 6.07) is 2.93. The van der Waals surface area contributed by atoms with Gasteiger partial charge in [-0.2, -0.15) is 0 Å². The SMILES string of the molecule is Cc1nc(C(=O)Nc2ccc(F)c(C3(CF)N=C(N)OC4CC(F)(F)CC43)c2)co1. The van der Waals surface area contributed by atoms with Crippen LogP contribution in [-0.2, 0) is 10.3 Å². The molecule has 0 radical (unpaired) electrons. The second-order valence-electron chi connectivity index (χ2n) is 7.44. The van der Waals surface area contributed by atoms with Crippen molar-refractivity contribution < 1.29 is 31.5 Å². The molecule has 2 aromatic rings. The van der Waals surface area contributed by atoms with E-state index in [2.05, 4.69) is 15.3 Å². The number of fused-ring (bicyclic) bond motifs is 1. The molecule has 3 unspecified atom stereocenters. The summed E-state index contributed by atoms with van der Waals surface area (Å²) in [4.78, 5) is 20.1. The number of aryl methyl sites for hydroxylation is 1. The Morgan fingerprint density at radius 1 is 1.37 bits per heavy atom. The topological polar surface area (TPSA) is 103 Å². The lowest BCUT2D eigenvalue weighted by Gasteiger charge is -2.40. The Bertz CT molecular complexity index is 1020. The molecule has 0 saturated heterocycles. The van der Waals surface area contributed by atoms with Gasteiger partial charge in [-0.05, 0) is 18.2 Å². The monoisotopic (exact) mass is 426 g/mol. The van der Waals surface area contributed by atoms with Crippen LogP contribution in [0, 0.1) is 18.7 Å². The van der Waals surface area contributed by atoms with Crippen LogP contribution in [0.3, 0.4) is 0 Å². The average molecular weight is 426 g/mol. The Hall–Kier alpha value is -3.11. The minimum Gasteiger partial charge on any atom is -0.461 e. The molecule has 30 heavy (non-hydrogen) atoms. The lowest BCUT2D eigenvalue weighted by atomic mass is 9.76. The van der Waals surface area contributed by atoms with Gasteiger partial charge in [-0.1, -0.05) is 0 Å². The fourth-order valence-corrected chi connectivity index (χ4v) is 4.09. The molecule has 1 fully saturated rings. The third-order valence-electron chi connectivity index (χ3n) is 5.41. The van der Waals surface area contributed by atoms with Crippen LogP contribution in [0.5, 0.6) is 0 Å². The molecule has 11 heteroatoms. The van der Waals surface area contributed by atoms with Crippen molar-refractivity contribution >= 4 is 17.6 Å². The number of carbonyl (C=O) groups excluding carboxylic acids is 1. The van der Waals surface area contributed by atoms with Crippen molar-refractivity contribution in [1.29, 1.82) is 0 Å². The van der Waals surface area contributed by atoms with Gasteiger partial charge in [-0.3, -0.25) is 4.79 Å². The Kier molecular flexibility index (Phi) is 4.70. The van der Waals surface area contributed by atoms with Gasteiger partial charge in [0.2, 0.25) is 0 Å². The first-order valence-corrected chi connectivity index (χ1v) is 9.13. The number of hydrogen-bond acceptors (Lipinski definition) is 6. The van der Waals surface area contributed by atoms with E-state index < -0.39 is 60.7 Å². The van der Waals surface area contributed by atoms with Crippen LogP contribution in [0.15, 0.2) is 33.9 Å². The van der Waals surface area contributed by atoms with Gasteiger partial charge in [0.05, 0.1) is 0 Å². The Morgan fingerprint density at radius 3 is 2.80 bits per heavy atom. The molecule has 3 N–H and O–H groups in total. The van der Waals surface area contributed by atoms with E-state index in [9.17, 15) is 22.4 Å². The first kappa shape index (κ1) is 20.2. The highest BCUT2D eigenvalue weighted by Gasteiger charge is 2.60. The number of carbonyl (C=O) groups is 1. The van der Waals surface area contributed by atoms with Crippen LogP contribution in [0.1, 0.15) is 34.8 Å². The van der Waals surface area contributed by atoms with Gasteiger partial charge in [-0.15, -0.1) is 0 Å². The highest BCUT2D eigenvalue weighted by molar-refractivity contribution is 6.02. The van der Waals surface area contributed by atoms with Gasteiger partial charge in [0, 0.05) is 36.9 Å². The molecule has 0 bridgehead atoms. The predicted octanol–water partition coefficient (Wildman–Crippen LogP) is 3.30. The first-order chi connectivity index (χ1) is 14.1. The van der Waals surface area contributed by atoms with E-state index in [1.807, 2.05) is 0 Å². The summed E-state index contributed by atoms with van der Waals surface area (Å²) in [5.41, 5.74) is 3.42. The molecule has 0 spiro atoms. The summed E-state index contributed by atoms with van der Waals surface area (Å²) in [7, 11) is 0. The zero-order valence-corrected chi connectivity index (χ0v) is 15.8. The number of nitrogens with two attached hydrogens (primary N) is 1.